The zero-order chi connectivity index (χ0) is 18.0. The van der Waals surface area contributed by atoms with E-state index in [0.717, 1.165) is 17.7 Å². The molecule has 2 heterocycles. The van der Waals surface area contributed by atoms with Gasteiger partial charge in [0.15, 0.2) is 5.54 Å². The molecule has 1 aromatic heterocycles. The van der Waals surface area contributed by atoms with Gasteiger partial charge < -0.3 is 14.5 Å². The van der Waals surface area contributed by atoms with E-state index in [1.165, 1.54) is 4.90 Å². The van der Waals surface area contributed by atoms with Crippen molar-refractivity contribution in [3.63, 3.8) is 0 Å². The number of carbonyl (C=O) groups is 2. The monoisotopic (exact) mass is 342 g/mol. The molecule has 1 atom stereocenters. The Balaban J connectivity index is 1.75. The Bertz CT molecular complexity index is 781. The maximum atomic E-state index is 12.8. The minimum atomic E-state index is -1.17. The van der Waals surface area contributed by atoms with E-state index in [1.54, 1.807) is 26.0 Å². The number of urea groups is 1. The Morgan fingerprint density at radius 2 is 1.88 bits per heavy atom. The van der Waals surface area contributed by atoms with Crippen LogP contribution in [0.3, 0.4) is 0 Å². The summed E-state index contributed by atoms with van der Waals surface area (Å²) in [6.45, 7) is 6.37. The molecule has 0 aliphatic carbocycles. The lowest BCUT2D eigenvalue weighted by Gasteiger charge is -2.19. The van der Waals surface area contributed by atoms with Crippen molar-refractivity contribution in [3.05, 3.63) is 53.5 Å². The molecule has 1 unspecified atom stereocenters. The molecular weight excluding hydrogens is 320 g/mol. The van der Waals surface area contributed by atoms with Gasteiger partial charge in [0.25, 0.3) is 5.91 Å². The van der Waals surface area contributed by atoms with Crippen molar-refractivity contribution >= 4 is 11.9 Å². The van der Waals surface area contributed by atoms with E-state index in [9.17, 15) is 9.59 Å². The number of aryl methyl sites for hydroxylation is 1. The van der Waals surface area contributed by atoms with Gasteiger partial charge in [0, 0.05) is 0 Å². The van der Waals surface area contributed by atoms with Gasteiger partial charge in [-0.3, -0.25) is 9.69 Å². The van der Waals surface area contributed by atoms with Crippen LogP contribution in [0.2, 0.25) is 0 Å². The highest BCUT2D eigenvalue weighted by Gasteiger charge is 2.50. The maximum Gasteiger partial charge on any atom is 0.325 e. The van der Waals surface area contributed by atoms with E-state index in [2.05, 4.69) is 5.32 Å². The van der Waals surface area contributed by atoms with Crippen LogP contribution in [0, 0.1) is 6.92 Å². The predicted octanol–water partition coefficient (Wildman–Crippen LogP) is 3.34. The molecule has 1 saturated heterocycles. The second-order valence-corrected chi connectivity index (χ2v) is 6.35. The van der Waals surface area contributed by atoms with Crippen LogP contribution in [-0.2, 0) is 16.9 Å². The molecular formula is C19H22N2O4. The van der Waals surface area contributed by atoms with Crippen LogP contribution in [-0.4, -0.2) is 23.4 Å². The number of amides is 3. The lowest BCUT2D eigenvalue weighted by atomic mass is 9.99. The molecule has 3 rings (SSSR count). The Labute approximate surface area is 146 Å². The van der Waals surface area contributed by atoms with Crippen molar-refractivity contribution in [2.75, 3.05) is 6.61 Å². The molecule has 1 fully saturated rings. The number of furan rings is 1. The zero-order valence-electron chi connectivity index (χ0n) is 14.7. The van der Waals surface area contributed by atoms with Crippen molar-refractivity contribution in [2.24, 2.45) is 0 Å². The first-order chi connectivity index (χ1) is 11.9. The van der Waals surface area contributed by atoms with Crippen molar-refractivity contribution in [3.8, 4) is 5.75 Å². The Hall–Kier alpha value is -2.76. The van der Waals surface area contributed by atoms with Gasteiger partial charge >= 0.3 is 6.03 Å². The predicted molar refractivity (Wildman–Crippen MR) is 92.1 cm³/mol. The van der Waals surface area contributed by atoms with Gasteiger partial charge in [0.2, 0.25) is 0 Å². The summed E-state index contributed by atoms with van der Waals surface area (Å²) in [5.41, 5.74) is -0.317. The number of carbonyl (C=O) groups excluding carboxylic acids is 2. The van der Waals surface area contributed by atoms with Crippen molar-refractivity contribution in [1.29, 1.82) is 0 Å². The summed E-state index contributed by atoms with van der Waals surface area (Å²) >= 11 is 0. The van der Waals surface area contributed by atoms with Gasteiger partial charge in [-0.2, -0.15) is 0 Å². The SMILES string of the molecule is CCCOc1ccc(CN2C(=O)NC(C)(c3ccc(C)o3)C2=O)cc1. The van der Waals surface area contributed by atoms with Crippen molar-refractivity contribution in [2.45, 2.75) is 39.3 Å². The van der Waals surface area contributed by atoms with Crippen LogP contribution >= 0.6 is 0 Å². The van der Waals surface area contributed by atoms with Crippen LogP contribution in [0.4, 0.5) is 4.79 Å². The van der Waals surface area contributed by atoms with E-state index in [0.29, 0.717) is 18.1 Å². The van der Waals surface area contributed by atoms with Crippen LogP contribution in [0.5, 0.6) is 5.75 Å². The third kappa shape index (κ3) is 3.24. The third-order valence-electron chi connectivity index (χ3n) is 4.25. The number of imide groups is 1. The van der Waals surface area contributed by atoms with Crippen LogP contribution in [0.1, 0.15) is 37.4 Å². The lowest BCUT2D eigenvalue weighted by molar-refractivity contribution is -0.132. The largest absolute Gasteiger partial charge is 0.494 e. The van der Waals surface area contributed by atoms with E-state index < -0.39 is 11.6 Å². The number of hydrogen-bond donors (Lipinski definition) is 1. The first kappa shape index (κ1) is 17.1. The second-order valence-electron chi connectivity index (χ2n) is 6.35. The fourth-order valence-corrected chi connectivity index (χ4v) is 2.80. The smallest absolute Gasteiger partial charge is 0.325 e. The maximum absolute atomic E-state index is 12.8. The molecule has 1 N–H and O–H groups in total. The molecule has 0 bridgehead atoms. The third-order valence-corrected chi connectivity index (χ3v) is 4.25. The Morgan fingerprint density at radius 1 is 1.16 bits per heavy atom. The lowest BCUT2D eigenvalue weighted by Crippen LogP contribution is -2.40. The normalized spacial score (nSPS) is 20.0. The molecule has 25 heavy (non-hydrogen) atoms. The summed E-state index contributed by atoms with van der Waals surface area (Å²) in [6, 6.07) is 10.5. The van der Waals surface area contributed by atoms with Crippen LogP contribution < -0.4 is 10.1 Å². The molecule has 132 valence electrons. The fraction of sp³-hybridized carbons (Fsp3) is 0.368. The summed E-state index contributed by atoms with van der Waals surface area (Å²) in [5.74, 6) is 1.59. The summed E-state index contributed by atoms with van der Waals surface area (Å²) in [5, 5.41) is 2.74. The molecule has 6 heteroatoms. The minimum Gasteiger partial charge on any atom is -0.494 e. The van der Waals surface area contributed by atoms with Gasteiger partial charge in [-0.1, -0.05) is 19.1 Å². The van der Waals surface area contributed by atoms with Crippen LogP contribution in [0.15, 0.2) is 40.8 Å². The molecule has 2 aromatic rings. The highest BCUT2D eigenvalue weighted by Crippen LogP contribution is 2.31. The number of nitrogens with zero attached hydrogens (tertiary/aromatic N) is 1. The molecule has 1 aliphatic rings. The van der Waals surface area contributed by atoms with E-state index in [4.69, 9.17) is 9.15 Å². The van der Waals surface area contributed by atoms with Gasteiger partial charge in [-0.15, -0.1) is 0 Å². The molecule has 0 radical (unpaired) electrons. The van der Waals surface area contributed by atoms with Crippen molar-refractivity contribution in [1.82, 2.24) is 10.2 Å². The Morgan fingerprint density at radius 3 is 2.48 bits per heavy atom. The minimum absolute atomic E-state index is 0.202. The van der Waals surface area contributed by atoms with E-state index >= 15 is 0 Å². The molecule has 0 saturated carbocycles. The van der Waals surface area contributed by atoms with Gasteiger partial charge in [0.1, 0.15) is 17.3 Å². The van der Waals surface area contributed by atoms with Gasteiger partial charge in [-0.25, -0.2) is 4.79 Å². The summed E-state index contributed by atoms with van der Waals surface area (Å²) < 4.78 is 11.1. The molecule has 1 aromatic carbocycles. The van der Waals surface area contributed by atoms with E-state index in [-0.39, 0.29) is 12.5 Å². The van der Waals surface area contributed by atoms with Crippen molar-refractivity contribution < 1.29 is 18.7 Å². The second kappa shape index (κ2) is 6.63. The number of rotatable bonds is 6. The highest BCUT2D eigenvalue weighted by molar-refractivity contribution is 6.06. The van der Waals surface area contributed by atoms with E-state index in [1.807, 2.05) is 31.2 Å². The number of benzene rings is 1. The quantitative estimate of drug-likeness (QED) is 0.817. The average Bonchev–Trinajstić information content (AvgIpc) is 3.12. The summed E-state index contributed by atoms with van der Waals surface area (Å²) in [7, 11) is 0. The number of nitrogens with one attached hydrogen (secondary N) is 1. The molecule has 0 spiro atoms. The fourth-order valence-electron chi connectivity index (χ4n) is 2.80. The molecule has 3 amide bonds. The van der Waals surface area contributed by atoms with Crippen LogP contribution in [0.25, 0.3) is 0 Å². The topological polar surface area (TPSA) is 71.8 Å². The summed E-state index contributed by atoms with van der Waals surface area (Å²) in [4.78, 5) is 26.3. The summed E-state index contributed by atoms with van der Waals surface area (Å²) in [6.07, 6.45) is 0.940. The standard InChI is InChI=1S/C19H22N2O4/c1-4-11-24-15-8-6-14(7-9-15)12-21-17(22)19(3,20-18(21)23)16-10-5-13(2)25-16/h5-10H,4,11-12H2,1-3H3,(H,20,23). The highest BCUT2D eigenvalue weighted by atomic mass is 16.5. The first-order valence-corrected chi connectivity index (χ1v) is 8.37. The number of ether oxygens (including phenoxy) is 1. The average molecular weight is 342 g/mol. The Kier molecular flexibility index (Phi) is 4.53. The van der Waals surface area contributed by atoms with Gasteiger partial charge in [-0.05, 0) is 50.1 Å². The number of hydrogen-bond acceptors (Lipinski definition) is 4. The zero-order valence-corrected chi connectivity index (χ0v) is 14.7. The molecule has 6 nitrogen and oxygen atoms in total. The molecule has 1 aliphatic heterocycles. The first-order valence-electron chi connectivity index (χ1n) is 8.37. The van der Waals surface area contributed by atoms with Gasteiger partial charge in [0.05, 0.1) is 13.2 Å².